The fraction of sp³-hybridized carbons (Fsp3) is 0.316. The van der Waals surface area contributed by atoms with Gasteiger partial charge in [0.1, 0.15) is 11.4 Å². The fourth-order valence-corrected chi connectivity index (χ4v) is 2.49. The zero-order chi connectivity index (χ0) is 19.3. The first kappa shape index (κ1) is 19.2. The van der Waals surface area contributed by atoms with Crippen molar-refractivity contribution in [1.29, 1.82) is 0 Å². The molecule has 0 saturated heterocycles. The van der Waals surface area contributed by atoms with Crippen LogP contribution in [0.1, 0.15) is 31.4 Å². The number of hydrogen-bond acceptors (Lipinski definition) is 4. The van der Waals surface area contributed by atoms with Gasteiger partial charge in [-0.3, -0.25) is 14.4 Å². The van der Waals surface area contributed by atoms with Crippen LogP contribution in [0.2, 0.25) is 0 Å². The lowest BCUT2D eigenvalue weighted by atomic mass is 10.1. The zero-order valence-electron chi connectivity index (χ0n) is 15.4. The highest BCUT2D eigenvalue weighted by Crippen LogP contribution is 2.21. The van der Waals surface area contributed by atoms with Crippen molar-refractivity contribution in [3.05, 3.63) is 51.9 Å². The molecule has 0 aliphatic carbocycles. The number of aromatic nitrogens is 1. The van der Waals surface area contributed by atoms with Crippen LogP contribution in [0.4, 0.5) is 11.4 Å². The molecular formula is C19H23N3O4. The number of benzene rings is 1. The van der Waals surface area contributed by atoms with Crippen LogP contribution in [0, 0.1) is 6.92 Å². The minimum atomic E-state index is -0.325. The quantitative estimate of drug-likeness (QED) is 0.831. The number of amides is 2. The summed E-state index contributed by atoms with van der Waals surface area (Å²) in [5, 5.41) is 5.35. The van der Waals surface area contributed by atoms with Crippen molar-refractivity contribution in [2.45, 2.75) is 33.7 Å². The molecule has 0 bridgehead atoms. The maximum Gasteiger partial charge on any atom is 0.275 e. The van der Waals surface area contributed by atoms with Crippen LogP contribution in [0.3, 0.4) is 0 Å². The van der Waals surface area contributed by atoms with Crippen LogP contribution in [0.25, 0.3) is 0 Å². The Balaban J connectivity index is 2.48. The zero-order valence-corrected chi connectivity index (χ0v) is 15.4. The Morgan fingerprint density at radius 2 is 1.81 bits per heavy atom. The van der Waals surface area contributed by atoms with Gasteiger partial charge in [0.25, 0.3) is 5.56 Å². The molecule has 0 unspecified atom stereocenters. The second kappa shape index (κ2) is 8.33. The molecule has 2 amide bonds. The lowest BCUT2D eigenvalue weighted by molar-refractivity contribution is -0.116. The fourth-order valence-electron chi connectivity index (χ4n) is 2.49. The largest absolute Gasteiger partial charge is 0.497 e. The Morgan fingerprint density at radius 3 is 2.35 bits per heavy atom. The van der Waals surface area contributed by atoms with Crippen LogP contribution >= 0.6 is 0 Å². The van der Waals surface area contributed by atoms with Gasteiger partial charge in [0.2, 0.25) is 11.8 Å². The summed E-state index contributed by atoms with van der Waals surface area (Å²) in [6, 6.07) is 7.33. The Bertz CT molecular complexity index is 870. The van der Waals surface area contributed by atoms with Gasteiger partial charge in [-0.15, -0.1) is 0 Å². The summed E-state index contributed by atoms with van der Waals surface area (Å²) < 4.78 is 6.60. The van der Waals surface area contributed by atoms with Gasteiger partial charge < -0.3 is 19.9 Å². The van der Waals surface area contributed by atoms with Gasteiger partial charge >= 0.3 is 0 Å². The summed E-state index contributed by atoms with van der Waals surface area (Å²) in [4.78, 5) is 36.1. The Hall–Kier alpha value is -3.09. The SMILES string of the molecule is CCC(=O)Nc1c(C)c(NC(C)=O)cn(Cc2ccc(OC)cc2)c1=O. The average Bonchev–Trinajstić information content (AvgIpc) is 2.62. The first-order valence-corrected chi connectivity index (χ1v) is 8.30. The van der Waals surface area contributed by atoms with Gasteiger partial charge in [-0.05, 0) is 24.6 Å². The smallest absolute Gasteiger partial charge is 0.275 e. The lowest BCUT2D eigenvalue weighted by Gasteiger charge is -2.16. The van der Waals surface area contributed by atoms with E-state index >= 15 is 0 Å². The third-order valence-corrected chi connectivity index (χ3v) is 3.95. The number of pyridine rings is 1. The van der Waals surface area contributed by atoms with Crippen molar-refractivity contribution in [1.82, 2.24) is 4.57 Å². The molecule has 1 aromatic carbocycles. The summed E-state index contributed by atoms with van der Waals surface area (Å²) in [7, 11) is 1.59. The van der Waals surface area contributed by atoms with E-state index in [0.717, 1.165) is 11.3 Å². The van der Waals surface area contributed by atoms with E-state index in [1.54, 1.807) is 27.2 Å². The number of carbonyl (C=O) groups excluding carboxylic acids is 2. The van der Waals surface area contributed by atoms with E-state index in [0.29, 0.717) is 17.8 Å². The van der Waals surface area contributed by atoms with Crippen LogP contribution in [0.5, 0.6) is 5.75 Å². The van der Waals surface area contributed by atoms with E-state index < -0.39 is 0 Å². The minimum Gasteiger partial charge on any atom is -0.497 e. The monoisotopic (exact) mass is 357 g/mol. The molecule has 0 radical (unpaired) electrons. The Kier molecular flexibility index (Phi) is 6.16. The van der Waals surface area contributed by atoms with E-state index in [1.165, 1.54) is 11.5 Å². The highest BCUT2D eigenvalue weighted by molar-refractivity contribution is 5.94. The van der Waals surface area contributed by atoms with Crippen molar-refractivity contribution < 1.29 is 14.3 Å². The van der Waals surface area contributed by atoms with Crippen molar-refractivity contribution in [3.63, 3.8) is 0 Å². The van der Waals surface area contributed by atoms with Crippen molar-refractivity contribution in [3.8, 4) is 5.75 Å². The molecule has 138 valence electrons. The summed E-state index contributed by atoms with van der Waals surface area (Å²) in [6.07, 6.45) is 1.84. The predicted octanol–water partition coefficient (Wildman–Crippen LogP) is 2.52. The standard InChI is InChI=1S/C19H23N3O4/c1-5-17(24)21-18-12(2)16(20-13(3)23)11-22(19(18)25)10-14-6-8-15(26-4)9-7-14/h6-9,11H,5,10H2,1-4H3,(H,20,23)(H,21,24). The normalized spacial score (nSPS) is 10.3. The first-order valence-electron chi connectivity index (χ1n) is 8.30. The average molecular weight is 357 g/mol. The summed E-state index contributed by atoms with van der Waals surface area (Å²) in [6.45, 7) is 5.08. The number of anilines is 2. The van der Waals surface area contributed by atoms with E-state index in [2.05, 4.69) is 10.6 Å². The van der Waals surface area contributed by atoms with E-state index in [1.807, 2.05) is 24.3 Å². The first-order chi connectivity index (χ1) is 12.3. The van der Waals surface area contributed by atoms with Crippen molar-refractivity contribution >= 4 is 23.2 Å². The van der Waals surface area contributed by atoms with E-state index in [9.17, 15) is 14.4 Å². The molecular weight excluding hydrogens is 334 g/mol. The molecule has 2 aromatic rings. The number of nitrogens with one attached hydrogen (secondary N) is 2. The third kappa shape index (κ3) is 4.50. The molecule has 0 spiro atoms. The molecule has 0 fully saturated rings. The maximum absolute atomic E-state index is 12.8. The van der Waals surface area contributed by atoms with Crippen LogP contribution in [-0.2, 0) is 16.1 Å². The number of carbonyl (C=O) groups is 2. The number of hydrogen-bond donors (Lipinski definition) is 2. The molecule has 0 aliphatic heterocycles. The molecule has 2 rings (SSSR count). The predicted molar refractivity (Wildman–Crippen MR) is 101 cm³/mol. The molecule has 7 heteroatoms. The van der Waals surface area contributed by atoms with Crippen molar-refractivity contribution in [2.75, 3.05) is 17.7 Å². The van der Waals surface area contributed by atoms with Gasteiger partial charge in [0.15, 0.2) is 0 Å². The van der Waals surface area contributed by atoms with E-state index in [-0.39, 0.29) is 29.5 Å². The second-order valence-corrected chi connectivity index (χ2v) is 5.91. The molecule has 0 aliphatic rings. The summed E-state index contributed by atoms with van der Waals surface area (Å²) >= 11 is 0. The highest BCUT2D eigenvalue weighted by atomic mass is 16.5. The number of nitrogens with zero attached hydrogens (tertiary/aromatic N) is 1. The van der Waals surface area contributed by atoms with Gasteiger partial charge in [-0.2, -0.15) is 0 Å². The second-order valence-electron chi connectivity index (χ2n) is 5.91. The van der Waals surface area contributed by atoms with Gasteiger partial charge in [-0.25, -0.2) is 0 Å². The van der Waals surface area contributed by atoms with Gasteiger partial charge in [0.05, 0.1) is 19.3 Å². The Morgan fingerprint density at radius 1 is 1.15 bits per heavy atom. The molecule has 7 nitrogen and oxygen atoms in total. The molecule has 1 heterocycles. The number of rotatable bonds is 6. The van der Waals surface area contributed by atoms with Crippen LogP contribution in [0.15, 0.2) is 35.3 Å². The van der Waals surface area contributed by atoms with Crippen LogP contribution in [-0.4, -0.2) is 23.5 Å². The van der Waals surface area contributed by atoms with Crippen molar-refractivity contribution in [2.24, 2.45) is 0 Å². The van der Waals surface area contributed by atoms with Gasteiger partial charge in [-0.1, -0.05) is 19.1 Å². The highest BCUT2D eigenvalue weighted by Gasteiger charge is 2.15. The molecule has 2 N–H and O–H groups in total. The minimum absolute atomic E-state index is 0.177. The van der Waals surface area contributed by atoms with Gasteiger partial charge in [0, 0.05) is 25.1 Å². The Labute approximate surface area is 152 Å². The molecule has 26 heavy (non-hydrogen) atoms. The molecule has 1 aromatic heterocycles. The van der Waals surface area contributed by atoms with Crippen LogP contribution < -0.4 is 20.9 Å². The summed E-state index contributed by atoms with van der Waals surface area (Å²) in [5.74, 6) is 0.205. The maximum atomic E-state index is 12.8. The third-order valence-electron chi connectivity index (χ3n) is 3.95. The summed E-state index contributed by atoms with van der Waals surface area (Å²) in [5.41, 5.74) is 1.75. The lowest BCUT2D eigenvalue weighted by Crippen LogP contribution is -2.28. The van der Waals surface area contributed by atoms with E-state index in [4.69, 9.17) is 4.74 Å². The number of ether oxygens (including phenoxy) is 1. The number of methoxy groups -OCH3 is 1. The topological polar surface area (TPSA) is 89.4 Å². The molecule has 0 saturated carbocycles. The molecule has 0 atom stereocenters.